The standard InChI is InChI=1S/C14H22FN/c1-11(2)16-10-9-14(3,4)12-7-5-6-8-13(12)15/h5-8,11,16H,9-10H2,1-4H3. The highest BCUT2D eigenvalue weighted by atomic mass is 19.1. The number of rotatable bonds is 5. The minimum Gasteiger partial charge on any atom is -0.315 e. The Hall–Kier alpha value is -0.890. The third-order valence-corrected chi connectivity index (χ3v) is 2.91. The normalized spacial score (nSPS) is 12.1. The van der Waals surface area contributed by atoms with Crippen LogP contribution >= 0.6 is 0 Å². The quantitative estimate of drug-likeness (QED) is 0.805. The van der Waals surface area contributed by atoms with E-state index in [2.05, 4.69) is 33.0 Å². The molecular weight excluding hydrogens is 201 g/mol. The summed E-state index contributed by atoms with van der Waals surface area (Å²) >= 11 is 0. The van der Waals surface area contributed by atoms with E-state index in [9.17, 15) is 4.39 Å². The van der Waals surface area contributed by atoms with Crippen molar-refractivity contribution in [3.05, 3.63) is 35.6 Å². The maximum atomic E-state index is 13.7. The molecule has 16 heavy (non-hydrogen) atoms. The summed E-state index contributed by atoms with van der Waals surface area (Å²) < 4.78 is 13.7. The Balaban J connectivity index is 2.66. The van der Waals surface area contributed by atoms with Crippen LogP contribution in [-0.2, 0) is 5.41 Å². The first-order chi connectivity index (χ1) is 7.43. The van der Waals surface area contributed by atoms with Crippen LogP contribution in [0.3, 0.4) is 0 Å². The van der Waals surface area contributed by atoms with E-state index < -0.39 is 0 Å². The van der Waals surface area contributed by atoms with Gasteiger partial charge in [0.1, 0.15) is 5.82 Å². The van der Waals surface area contributed by atoms with Crippen LogP contribution in [0.15, 0.2) is 24.3 Å². The Morgan fingerprint density at radius 2 is 1.88 bits per heavy atom. The molecule has 0 heterocycles. The van der Waals surface area contributed by atoms with Crippen LogP contribution in [0, 0.1) is 5.82 Å². The van der Waals surface area contributed by atoms with Crippen LogP contribution in [-0.4, -0.2) is 12.6 Å². The van der Waals surface area contributed by atoms with E-state index in [1.165, 1.54) is 6.07 Å². The fourth-order valence-corrected chi connectivity index (χ4v) is 1.82. The summed E-state index contributed by atoms with van der Waals surface area (Å²) in [5.41, 5.74) is 0.688. The molecule has 2 heteroatoms. The van der Waals surface area contributed by atoms with E-state index in [1.54, 1.807) is 6.07 Å². The molecule has 0 unspecified atom stereocenters. The molecule has 0 bridgehead atoms. The first kappa shape index (κ1) is 13.2. The molecular formula is C14H22FN. The van der Waals surface area contributed by atoms with E-state index in [4.69, 9.17) is 0 Å². The zero-order chi connectivity index (χ0) is 12.2. The van der Waals surface area contributed by atoms with Crippen molar-refractivity contribution in [2.24, 2.45) is 0 Å². The lowest BCUT2D eigenvalue weighted by atomic mass is 9.81. The van der Waals surface area contributed by atoms with Crippen LogP contribution in [0.5, 0.6) is 0 Å². The summed E-state index contributed by atoms with van der Waals surface area (Å²) in [6.45, 7) is 9.34. The lowest BCUT2D eigenvalue weighted by Gasteiger charge is -2.26. The number of hydrogen-bond donors (Lipinski definition) is 1. The monoisotopic (exact) mass is 223 g/mol. The van der Waals surface area contributed by atoms with Crippen molar-refractivity contribution in [2.75, 3.05) is 6.54 Å². The Bertz CT molecular complexity index is 331. The lowest BCUT2D eigenvalue weighted by Crippen LogP contribution is -2.30. The number of hydrogen-bond acceptors (Lipinski definition) is 1. The van der Waals surface area contributed by atoms with E-state index in [0.29, 0.717) is 6.04 Å². The highest BCUT2D eigenvalue weighted by Crippen LogP contribution is 2.28. The predicted molar refractivity (Wildman–Crippen MR) is 67.2 cm³/mol. The second-order valence-corrected chi connectivity index (χ2v) is 5.22. The molecule has 0 aliphatic carbocycles. The third kappa shape index (κ3) is 3.60. The predicted octanol–water partition coefficient (Wildman–Crippen LogP) is 3.49. The summed E-state index contributed by atoms with van der Waals surface area (Å²) in [5, 5.41) is 3.37. The maximum absolute atomic E-state index is 13.7. The molecule has 0 aromatic heterocycles. The van der Waals surface area contributed by atoms with Gasteiger partial charge in [0, 0.05) is 6.04 Å². The molecule has 0 saturated heterocycles. The van der Waals surface area contributed by atoms with E-state index in [-0.39, 0.29) is 11.2 Å². The number of benzene rings is 1. The van der Waals surface area contributed by atoms with E-state index in [1.807, 2.05) is 12.1 Å². The van der Waals surface area contributed by atoms with Gasteiger partial charge in [0.05, 0.1) is 0 Å². The van der Waals surface area contributed by atoms with E-state index in [0.717, 1.165) is 18.5 Å². The minimum absolute atomic E-state index is 0.1000. The van der Waals surface area contributed by atoms with Crippen LogP contribution in [0.1, 0.15) is 39.7 Å². The fourth-order valence-electron chi connectivity index (χ4n) is 1.82. The molecule has 1 N–H and O–H groups in total. The van der Waals surface area contributed by atoms with Gasteiger partial charge in [-0.1, -0.05) is 45.9 Å². The van der Waals surface area contributed by atoms with Crippen LogP contribution in [0.25, 0.3) is 0 Å². The average Bonchev–Trinajstić information content (AvgIpc) is 2.17. The molecule has 90 valence electrons. The summed E-state index contributed by atoms with van der Waals surface area (Å²) in [7, 11) is 0. The van der Waals surface area contributed by atoms with Gasteiger partial charge >= 0.3 is 0 Å². The second-order valence-electron chi connectivity index (χ2n) is 5.22. The Kier molecular flexibility index (Phi) is 4.48. The molecule has 0 radical (unpaired) electrons. The van der Waals surface area contributed by atoms with Gasteiger partial charge in [0.25, 0.3) is 0 Å². The lowest BCUT2D eigenvalue weighted by molar-refractivity contribution is 0.423. The summed E-state index contributed by atoms with van der Waals surface area (Å²) in [5.74, 6) is -0.1000. The first-order valence-corrected chi connectivity index (χ1v) is 5.92. The van der Waals surface area contributed by atoms with Gasteiger partial charge in [-0.05, 0) is 30.0 Å². The molecule has 1 aromatic rings. The van der Waals surface area contributed by atoms with E-state index >= 15 is 0 Å². The largest absolute Gasteiger partial charge is 0.315 e. The summed E-state index contributed by atoms with van der Waals surface area (Å²) in [6.07, 6.45) is 0.937. The molecule has 0 saturated carbocycles. The van der Waals surface area contributed by atoms with Crippen molar-refractivity contribution < 1.29 is 4.39 Å². The smallest absolute Gasteiger partial charge is 0.126 e. The number of halogens is 1. The molecule has 0 aliphatic heterocycles. The topological polar surface area (TPSA) is 12.0 Å². The van der Waals surface area contributed by atoms with Gasteiger partial charge in [-0.15, -0.1) is 0 Å². The molecule has 0 atom stereocenters. The van der Waals surface area contributed by atoms with Crippen molar-refractivity contribution in [2.45, 2.75) is 45.6 Å². The van der Waals surface area contributed by atoms with Crippen molar-refractivity contribution in [1.82, 2.24) is 5.32 Å². The zero-order valence-electron chi connectivity index (χ0n) is 10.7. The summed E-state index contributed by atoms with van der Waals surface area (Å²) in [4.78, 5) is 0. The molecule has 1 nitrogen and oxygen atoms in total. The highest BCUT2D eigenvalue weighted by molar-refractivity contribution is 5.25. The number of nitrogens with one attached hydrogen (secondary N) is 1. The van der Waals surface area contributed by atoms with Crippen molar-refractivity contribution in [3.8, 4) is 0 Å². The van der Waals surface area contributed by atoms with Crippen molar-refractivity contribution in [3.63, 3.8) is 0 Å². The van der Waals surface area contributed by atoms with Gasteiger partial charge in [0.15, 0.2) is 0 Å². The molecule has 0 fully saturated rings. The molecule has 0 amide bonds. The SMILES string of the molecule is CC(C)NCCC(C)(C)c1ccccc1F. The maximum Gasteiger partial charge on any atom is 0.126 e. The summed E-state index contributed by atoms with van der Waals surface area (Å²) in [6, 6.07) is 7.53. The first-order valence-electron chi connectivity index (χ1n) is 5.92. The fraction of sp³-hybridized carbons (Fsp3) is 0.571. The van der Waals surface area contributed by atoms with Gasteiger partial charge in [-0.2, -0.15) is 0 Å². The minimum atomic E-state index is -0.118. The Labute approximate surface area is 98.1 Å². The van der Waals surface area contributed by atoms with Gasteiger partial charge in [0.2, 0.25) is 0 Å². The Morgan fingerprint density at radius 3 is 2.44 bits per heavy atom. The Morgan fingerprint density at radius 1 is 1.25 bits per heavy atom. The molecule has 1 rings (SSSR count). The molecule has 0 spiro atoms. The highest BCUT2D eigenvalue weighted by Gasteiger charge is 2.23. The van der Waals surface area contributed by atoms with Crippen LogP contribution < -0.4 is 5.32 Å². The molecule has 1 aromatic carbocycles. The van der Waals surface area contributed by atoms with Crippen LogP contribution in [0.4, 0.5) is 4.39 Å². The average molecular weight is 223 g/mol. The molecule has 0 aliphatic rings. The third-order valence-electron chi connectivity index (χ3n) is 2.91. The van der Waals surface area contributed by atoms with Gasteiger partial charge in [-0.3, -0.25) is 0 Å². The van der Waals surface area contributed by atoms with Crippen molar-refractivity contribution >= 4 is 0 Å². The zero-order valence-corrected chi connectivity index (χ0v) is 10.7. The second kappa shape index (κ2) is 5.44. The van der Waals surface area contributed by atoms with Crippen molar-refractivity contribution in [1.29, 1.82) is 0 Å². The van der Waals surface area contributed by atoms with Gasteiger partial charge in [-0.25, -0.2) is 4.39 Å². The van der Waals surface area contributed by atoms with Crippen LogP contribution in [0.2, 0.25) is 0 Å². The van der Waals surface area contributed by atoms with Gasteiger partial charge < -0.3 is 5.32 Å².